The molecule has 0 aliphatic heterocycles. The zero-order valence-corrected chi connectivity index (χ0v) is 8.12. The number of hydrogen-bond donors (Lipinski definition) is 2. The molecule has 2 N–H and O–H groups in total. The Morgan fingerprint density at radius 2 is 2.14 bits per heavy atom. The molecule has 0 radical (unpaired) electrons. The molecule has 78 valence electrons. The van der Waals surface area contributed by atoms with Crippen molar-refractivity contribution in [2.75, 3.05) is 13.7 Å². The molecule has 0 bridgehead atoms. The summed E-state index contributed by atoms with van der Waals surface area (Å²) in [5.41, 5.74) is -1.77. The van der Waals surface area contributed by atoms with Gasteiger partial charge in [-0.3, -0.25) is 0 Å². The van der Waals surface area contributed by atoms with E-state index in [0.29, 0.717) is 5.75 Å². The summed E-state index contributed by atoms with van der Waals surface area (Å²) < 4.78 is 18.7. The van der Waals surface area contributed by atoms with Crippen molar-refractivity contribution in [3.05, 3.63) is 23.8 Å². The second kappa shape index (κ2) is 3.84. The number of aliphatic hydroxyl groups is 1. The first kappa shape index (κ1) is 10.8. The first-order valence-corrected chi connectivity index (χ1v) is 4.18. The largest absolute Gasteiger partial charge is 0.508 e. The maximum Gasteiger partial charge on any atom is 0.159 e. The molecule has 14 heavy (non-hydrogen) atoms. The van der Waals surface area contributed by atoms with E-state index in [1.165, 1.54) is 32.2 Å². The zero-order valence-electron chi connectivity index (χ0n) is 8.12. The average Bonchev–Trinajstić information content (AvgIpc) is 2.18. The molecule has 0 heterocycles. The molecule has 0 fully saturated rings. The number of phenols is 1. The number of ether oxygens (including phenoxy) is 1. The molecule has 0 aliphatic carbocycles. The minimum absolute atomic E-state index is 0.0573. The Bertz CT molecular complexity index is 323. The van der Waals surface area contributed by atoms with Crippen molar-refractivity contribution in [2.24, 2.45) is 0 Å². The van der Waals surface area contributed by atoms with Crippen molar-refractivity contribution in [3.63, 3.8) is 0 Å². The van der Waals surface area contributed by atoms with Crippen molar-refractivity contribution >= 4 is 0 Å². The number of aromatic hydroxyl groups is 1. The van der Waals surface area contributed by atoms with E-state index in [-0.39, 0.29) is 11.3 Å². The molecule has 3 nitrogen and oxygen atoms in total. The van der Waals surface area contributed by atoms with Gasteiger partial charge in [-0.05, 0) is 25.1 Å². The fourth-order valence-corrected chi connectivity index (χ4v) is 1.19. The van der Waals surface area contributed by atoms with E-state index in [1.54, 1.807) is 0 Å². The molecule has 1 aromatic carbocycles. The molecule has 1 aromatic rings. The second-order valence-corrected chi connectivity index (χ2v) is 3.24. The van der Waals surface area contributed by atoms with Gasteiger partial charge in [0.1, 0.15) is 11.5 Å². The summed E-state index contributed by atoms with van der Waals surface area (Å²) in [4.78, 5) is 0. The van der Waals surface area contributed by atoms with Crippen LogP contribution in [0.1, 0.15) is 12.5 Å². The van der Waals surface area contributed by atoms with E-state index in [0.717, 1.165) is 0 Å². The third kappa shape index (κ3) is 1.96. The van der Waals surface area contributed by atoms with Gasteiger partial charge in [0.25, 0.3) is 0 Å². The van der Waals surface area contributed by atoms with Crippen molar-refractivity contribution < 1.29 is 19.3 Å². The summed E-state index contributed by atoms with van der Waals surface area (Å²) in [5, 5.41) is 18.0. The molecule has 1 rings (SSSR count). The van der Waals surface area contributed by atoms with E-state index in [4.69, 9.17) is 9.84 Å². The van der Waals surface area contributed by atoms with Gasteiger partial charge in [-0.2, -0.15) is 0 Å². The Hall–Kier alpha value is -1.29. The van der Waals surface area contributed by atoms with Gasteiger partial charge in [-0.25, -0.2) is 4.39 Å². The van der Waals surface area contributed by atoms with E-state index >= 15 is 0 Å². The number of aliphatic hydroxyl groups excluding tert-OH is 1. The summed E-state index contributed by atoms with van der Waals surface area (Å²) in [7, 11) is 1.41. The maximum absolute atomic E-state index is 13.7. The molecule has 1 unspecified atom stereocenters. The summed E-state index contributed by atoms with van der Waals surface area (Å²) in [6.45, 7) is 0.567. The molecule has 0 aromatic heterocycles. The van der Waals surface area contributed by atoms with Crippen molar-refractivity contribution in [3.8, 4) is 11.5 Å². The standard InChI is InChI=1S/C10H13FO3/c1-10(11,6-12)8-5-7(13)3-4-9(8)14-2/h3-5,12-13H,6H2,1-2H3. The number of rotatable bonds is 3. The Kier molecular flexibility index (Phi) is 2.96. The Morgan fingerprint density at radius 1 is 1.50 bits per heavy atom. The van der Waals surface area contributed by atoms with Crippen LogP contribution >= 0.6 is 0 Å². The lowest BCUT2D eigenvalue weighted by atomic mass is 9.97. The Morgan fingerprint density at radius 3 is 2.64 bits per heavy atom. The van der Waals surface area contributed by atoms with Gasteiger partial charge in [-0.15, -0.1) is 0 Å². The average molecular weight is 200 g/mol. The van der Waals surface area contributed by atoms with Gasteiger partial charge < -0.3 is 14.9 Å². The van der Waals surface area contributed by atoms with Crippen LogP contribution in [0.25, 0.3) is 0 Å². The van der Waals surface area contributed by atoms with E-state index < -0.39 is 12.3 Å². The number of hydrogen-bond acceptors (Lipinski definition) is 3. The van der Waals surface area contributed by atoms with Gasteiger partial charge in [0.2, 0.25) is 0 Å². The number of methoxy groups -OCH3 is 1. The topological polar surface area (TPSA) is 49.7 Å². The van der Waals surface area contributed by atoms with Crippen LogP contribution in [-0.4, -0.2) is 23.9 Å². The molecule has 0 aliphatic rings. The molecule has 0 spiro atoms. The van der Waals surface area contributed by atoms with Gasteiger partial charge in [0.15, 0.2) is 5.67 Å². The van der Waals surface area contributed by atoms with Crippen LogP contribution in [0.15, 0.2) is 18.2 Å². The first-order chi connectivity index (χ1) is 6.51. The van der Waals surface area contributed by atoms with Crippen LogP contribution in [0.2, 0.25) is 0 Å². The molecule has 0 saturated heterocycles. The predicted molar refractivity (Wildman–Crippen MR) is 50.2 cm³/mol. The maximum atomic E-state index is 13.7. The third-order valence-corrected chi connectivity index (χ3v) is 2.04. The summed E-state index contributed by atoms with van der Waals surface area (Å²) >= 11 is 0. The lowest BCUT2D eigenvalue weighted by molar-refractivity contribution is 0.0839. The second-order valence-electron chi connectivity index (χ2n) is 3.24. The quantitative estimate of drug-likeness (QED) is 0.778. The van der Waals surface area contributed by atoms with Crippen LogP contribution in [-0.2, 0) is 5.67 Å². The fourth-order valence-electron chi connectivity index (χ4n) is 1.19. The van der Waals surface area contributed by atoms with Crippen LogP contribution < -0.4 is 4.74 Å². The van der Waals surface area contributed by atoms with Crippen LogP contribution in [0, 0.1) is 0 Å². The number of halogens is 1. The third-order valence-electron chi connectivity index (χ3n) is 2.04. The van der Waals surface area contributed by atoms with E-state index in [9.17, 15) is 9.50 Å². The highest BCUT2D eigenvalue weighted by Gasteiger charge is 2.28. The van der Waals surface area contributed by atoms with Crippen LogP contribution in [0.5, 0.6) is 11.5 Å². The highest BCUT2D eigenvalue weighted by molar-refractivity contribution is 5.43. The zero-order chi connectivity index (χ0) is 10.8. The van der Waals surface area contributed by atoms with Crippen molar-refractivity contribution in [1.29, 1.82) is 0 Å². The van der Waals surface area contributed by atoms with Gasteiger partial charge >= 0.3 is 0 Å². The van der Waals surface area contributed by atoms with E-state index in [1.807, 2.05) is 0 Å². The lowest BCUT2D eigenvalue weighted by Crippen LogP contribution is -2.21. The number of phenolic OH excluding ortho intramolecular Hbond substituents is 1. The molecular formula is C10H13FO3. The Balaban J connectivity index is 3.23. The smallest absolute Gasteiger partial charge is 0.159 e. The molecule has 0 saturated carbocycles. The number of alkyl halides is 1. The normalized spacial score (nSPS) is 14.9. The Labute approximate surface area is 81.8 Å². The fraction of sp³-hybridized carbons (Fsp3) is 0.400. The van der Waals surface area contributed by atoms with Crippen molar-refractivity contribution in [2.45, 2.75) is 12.6 Å². The predicted octanol–water partition coefficient (Wildman–Crippen LogP) is 1.58. The molecule has 1 atom stereocenters. The molecule has 4 heteroatoms. The minimum Gasteiger partial charge on any atom is -0.508 e. The lowest BCUT2D eigenvalue weighted by Gasteiger charge is -2.20. The number of benzene rings is 1. The summed E-state index contributed by atoms with van der Waals surface area (Å²) in [6.07, 6.45) is 0. The highest BCUT2D eigenvalue weighted by Crippen LogP contribution is 2.35. The monoisotopic (exact) mass is 200 g/mol. The SMILES string of the molecule is COc1ccc(O)cc1C(C)(F)CO. The summed E-state index contributed by atoms with van der Waals surface area (Å²) in [6, 6.07) is 4.10. The van der Waals surface area contributed by atoms with Crippen LogP contribution in [0.3, 0.4) is 0 Å². The van der Waals surface area contributed by atoms with Crippen LogP contribution in [0.4, 0.5) is 4.39 Å². The molecule has 0 amide bonds. The molecular weight excluding hydrogens is 187 g/mol. The minimum atomic E-state index is -1.91. The van der Waals surface area contributed by atoms with E-state index in [2.05, 4.69) is 0 Å². The van der Waals surface area contributed by atoms with Gasteiger partial charge in [-0.1, -0.05) is 0 Å². The summed E-state index contributed by atoms with van der Waals surface area (Å²) in [5.74, 6) is 0.250. The van der Waals surface area contributed by atoms with Gasteiger partial charge in [0.05, 0.1) is 13.7 Å². The first-order valence-electron chi connectivity index (χ1n) is 4.18. The highest BCUT2D eigenvalue weighted by atomic mass is 19.1. The van der Waals surface area contributed by atoms with Gasteiger partial charge in [0, 0.05) is 5.56 Å². The van der Waals surface area contributed by atoms with Crippen molar-refractivity contribution in [1.82, 2.24) is 0 Å².